The summed E-state index contributed by atoms with van der Waals surface area (Å²) in [5.41, 5.74) is 4.00. The molecule has 2 fully saturated rings. The molecule has 4 rings (SSSR count). The summed E-state index contributed by atoms with van der Waals surface area (Å²) < 4.78 is 0. The van der Waals surface area contributed by atoms with E-state index < -0.39 is 5.60 Å². The molecule has 0 spiro atoms. The van der Waals surface area contributed by atoms with E-state index in [2.05, 4.69) is 15.7 Å². The number of H-pyrrole nitrogens is 1. The number of aromatic nitrogens is 1. The van der Waals surface area contributed by atoms with Gasteiger partial charge in [0.1, 0.15) is 0 Å². The lowest BCUT2D eigenvalue weighted by Gasteiger charge is -2.45. The van der Waals surface area contributed by atoms with E-state index in [1.807, 2.05) is 36.1 Å². The number of carbonyl (C=O) groups is 2. The summed E-state index contributed by atoms with van der Waals surface area (Å²) in [6.07, 6.45) is 4.62. The number of amides is 3. The number of rotatable bonds is 7. The number of piperidine rings is 1. The van der Waals surface area contributed by atoms with E-state index >= 15 is 0 Å². The van der Waals surface area contributed by atoms with Gasteiger partial charge in [-0.05, 0) is 62.8 Å². The minimum Gasteiger partial charge on any atom is -0.389 e. The first-order valence-corrected chi connectivity index (χ1v) is 12.2. The summed E-state index contributed by atoms with van der Waals surface area (Å²) in [6, 6.07) is 7.23. The van der Waals surface area contributed by atoms with Crippen LogP contribution in [-0.2, 0) is 11.3 Å². The Morgan fingerprint density at radius 2 is 2.12 bits per heavy atom. The number of halogens is 1. The number of fused-ring (bicyclic) bond motifs is 1. The molecular weight excluding hydrogens is 442 g/mol. The largest absolute Gasteiger partial charge is 0.389 e. The van der Waals surface area contributed by atoms with Crippen molar-refractivity contribution in [3.8, 4) is 0 Å². The van der Waals surface area contributed by atoms with Gasteiger partial charge in [0.05, 0.1) is 24.1 Å². The number of benzene rings is 1. The maximum absolute atomic E-state index is 13.2. The van der Waals surface area contributed by atoms with E-state index in [1.54, 1.807) is 12.1 Å². The average Bonchev–Trinajstić information content (AvgIpc) is 3.19. The average molecular weight is 476 g/mol. The van der Waals surface area contributed by atoms with Crippen LogP contribution in [0.4, 0.5) is 4.79 Å². The number of hydrogen-bond donors (Lipinski definition) is 4. The van der Waals surface area contributed by atoms with Crippen LogP contribution in [0.3, 0.4) is 0 Å². The molecule has 9 heteroatoms. The third-order valence-electron chi connectivity index (χ3n) is 7.18. The molecule has 1 aliphatic heterocycles. The fourth-order valence-electron chi connectivity index (χ4n) is 5.22. The van der Waals surface area contributed by atoms with Gasteiger partial charge in [0, 0.05) is 41.8 Å². The van der Waals surface area contributed by atoms with Crippen LogP contribution in [-0.4, -0.2) is 63.7 Å². The second-order valence-corrected chi connectivity index (χ2v) is 9.71. The van der Waals surface area contributed by atoms with Crippen LogP contribution in [0.25, 0.3) is 10.9 Å². The van der Waals surface area contributed by atoms with Gasteiger partial charge in [0.15, 0.2) is 0 Å². The van der Waals surface area contributed by atoms with Crippen molar-refractivity contribution >= 4 is 34.4 Å². The Balaban J connectivity index is 1.37. The Hall–Kier alpha value is -2.29. The molecule has 1 aromatic heterocycles. The number of aromatic amines is 1. The van der Waals surface area contributed by atoms with Crippen molar-refractivity contribution in [2.45, 2.75) is 63.6 Å². The van der Waals surface area contributed by atoms with Crippen LogP contribution in [0, 0.1) is 5.92 Å². The lowest BCUT2D eigenvalue weighted by Crippen LogP contribution is -2.60. The zero-order valence-corrected chi connectivity index (χ0v) is 20.1. The Morgan fingerprint density at radius 1 is 1.33 bits per heavy atom. The first kappa shape index (κ1) is 23.9. The van der Waals surface area contributed by atoms with Crippen molar-refractivity contribution in [3.63, 3.8) is 0 Å². The Kier molecular flexibility index (Phi) is 7.16. The molecule has 2 aromatic rings. The molecule has 33 heavy (non-hydrogen) atoms. The normalized spacial score (nSPS) is 20.8. The molecule has 1 unspecified atom stereocenters. The van der Waals surface area contributed by atoms with E-state index in [9.17, 15) is 14.7 Å². The highest BCUT2D eigenvalue weighted by Gasteiger charge is 2.46. The highest BCUT2D eigenvalue weighted by Crippen LogP contribution is 2.41. The van der Waals surface area contributed by atoms with Crippen LogP contribution in [0.5, 0.6) is 0 Å². The zero-order chi connectivity index (χ0) is 23.6. The van der Waals surface area contributed by atoms with E-state index in [1.165, 1.54) is 0 Å². The van der Waals surface area contributed by atoms with E-state index in [0.29, 0.717) is 43.9 Å². The summed E-state index contributed by atoms with van der Waals surface area (Å²) >= 11 is 6.06. The minimum absolute atomic E-state index is 0.0117. The molecule has 2 atom stereocenters. The van der Waals surface area contributed by atoms with Crippen molar-refractivity contribution < 1.29 is 14.7 Å². The number of nitrogens with one attached hydrogen (secondary N) is 3. The summed E-state index contributed by atoms with van der Waals surface area (Å²) in [5, 5.41) is 17.0. The smallest absolute Gasteiger partial charge is 0.332 e. The fourth-order valence-corrected chi connectivity index (χ4v) is 5.40. The van der Waals surface area contributed by atoms with Gasteiger partial charge in [-0.15, -0.1) is 0 Å². The first-order valence-electron chi connectivity index (χ1n) is 11.9. The monoisotopic (exact) mass is 475 g/mol. The summed E-state index contributed by atoms with van der Waals surface area (Å²) in [6.45, 7) is 3.44. The predicted octanol–water partition coefficient (Wildman–Crippen LogP) is 3.40. The molecule has 180 valence electrons. The number of hydrogen-bond acceptors (Lipinski definition) is 4. The Labute approximate surface area is 199 Å². The standard InChI is InChI=1S/C24H34ClN5O3/c1-3-20(24(33)9-5-10-24)22(31)29-11-4-6-19(15-29)30(26-2)23(32)27-14-18-13-16-12-17(25)7-8-21(16)28-18/h7-8,12-13,19-20,26,28,33H,3-6,9-11,14-15H2,1-2H3,(H,27,32)/t19-,20?/m1/s1. The van der Waals surface area contributed by atoms with Crippen LogP contribution in [0.2, 0.25) is 5.02 Å². The van der Waals surface area contributed by atoms with E-state index in [0.717, 1.165) is 35.9 Å². The van der Waals surface area contributed by atoms with Crippen LogP contribution in [0.1, 0.15) is 51.1 Å². The molecular formula is C24H34ClN5O3. The number of carbonyl (C=O) groups excluding carboxylic acids is 2. The highest BCUT2D eigenvalue weighted by atomic mass is 35.5. The lowest BCUT2D eigenvalue weighted by molar-refractivity contribution is -0.156. The molecule has 3 amide bonds. The maximum atomic E-state index is 13.2. The highest BCUT2D eigenvalue weighted by molar-refractivity contribution is 6.31. The van der Waals surface area contributed by atoms with Crippen molar-refractivity contribution in [1.82, 2.24) is 25.6 Å². The maximum Gasteiger partial charge on any atom is 0.332 e. The van der Waals surface area contributed by atoms with Crippen molar-refractivity contribution in [2.24, 2.45) is 5.92 Å². The van der Waals surface area contributed by atoms with Gasteiger partial charge in [-0.25, -0.2) is 10.2 Å². The van der Waals surface area contributed by atoms with Gasteiger partial charge in [-0.2, -0.15) is 0 Å². The number of hydrazine groups is 1. The molecule has 2 heterocycles. The molecule has 1 aromatic carbocycles. The van der Waals surface area contributed by atoms with Crippen LogP contribution >= 0.6 is 11.6 Å². The number of aliphatic hydroxyl groups is 1. The van der Waals surface area contributed by atoms with E-state index in [4.69, 9.17) is 11.6 Å². The first-order chi connectivity index (χ1) is 15.8. The van der Waals surface area contributed by atoms with Gasteiger partial charge in [0.2, 0.25) is 5.91 Å². The lowest BCUT2D eigenvalue weighted by atomic mass is 9.69. The molecule has 0 radical (unpaired) electrons. The van der Waals surface area contributed by atoms with Gasteiger partial charge in [-0.3, -0.25) is 9.80 Å². The third-order valence-corrected chi connectivity index (χ3v) is 7.41. The van der Waals surface area contributed by atoms with Crippen molar-refractivity contribution in [3.05, 3.63) is 35.0 Å². The van der Waals surface area contributed by atoms with Gasteiger partial charge >= 0.3 is 6.03 Å². The van der Waals surface area contributed by atoms with Crippen molar-refractivity contribution in [2.75, 3.05) is 20.1 Å². The molecule has 1 aliphatic carbocycles. The molecule has 8 nitrogen and oxygen atoms in total. The van der Waals surface area contributed by atoms with Gasteiger partial charge in [-0.1, -0.05) is 18.5 Å². The zero-order valence-electron chi connectivity index (χ0n) is 19.4. The van der Waals surface area contributed by atoms with Crippen molar-refractivity contribution in [1.29, 1.82) is 0 Å². The minimum atomic E-state index is -0.858. The summed E-state index contributed by atoms with van der Waals surface area (Å²) in [5.74, 6) is -0.352. The quantitative estimate of drug-likeness (QED) is 0.461. The molecule has 0 bridgehead atoms. The van der Waals surface area contributed by atoms with Gasteiger partial charge in [0.25, 0.3) is 0 Å². The molecule has 1 saturated carbocycles. The topological polar surface area (TPSA) is 101 Å². The Morgan fingerprint density at radius 3 is 2.79 bits per heavy atom. The SMILES string of the molecule is CCC(C(=O)N1CCC[C@@H](N(NC)C(=O)NCc2cc3cc(Cl)ccc3[nH]2)C1)C1(O)CCC1. The number of urea groups is 1. The number of likely N-dealkylation sites (tertiary alicyclic amines) is 1. The van der Waals surface area contributed by atoms with Crippen LogP contribution in [0.15, 0.2) is 24.3 Å². The summed E-state index contributed by atoms with van der Waals surface area (Å²) in [4.78, 5) is 31.3. The second-order valence-electron chi connectivity index (χ2n) is 9.28. The number of nitrogens with zero attached hydrogens (tertiary/aromatic N) is 2. The molecule has 4 N–H and O–H groups in total. The fraction of sp³-hybridized carbons (Fsp3) is 0.583. The molecule has 2 aliphatic rings. The third kappa shape index (κ3) is 4.98. The van der Waals surface area contributed by atoms with Crippen LogP contribution < -0.4 is 10.7 Å². The molecule has 1 saturated heterocycles. The second kappa shape index (κ2) is 9.91. The van der Waals surface area contributed by atoms with Gasteiger partial charge < -0.3 is 20.3 Å². The van der Waals surface area contributed by atoms with E-state index in [-0.39, 0.29) is 23.9 Å². The Bertz CT molecular complexity index is 1010. The predicted molar refractivity (Wildman–Crippen MR) is 129 cm³/mol. The summed E-state index contributed by atoms with van der Waals surface area (Å²) in [7, 11) is 1.72.